The molecule has 2 aliphatic rings. The fourth-order valence-corrected chi connectivity index (χ4v) is 3.00. The number of carbonyl (C=O) groups excluding carboxylic acids is 2. The Balaban J connectivity index is 2.07. The minimum atomic E-state index is -0.806. The summed E-state index contributed by atoms with van der Waals surface area (Å²) in [4.78, 5) is 25.8. The number of hydrogen-bond acceptors (Lipinski definition) is 4. The molecule has 0 aromatic heterocycles. The summed E-state index contributed by atoms with van der Waals surface area (Å²) in [6.07, 6.45) is 1.63. The van der Waals surface area contributed by atoms with Crippen LogP contribution >= 0.6 is 0 Å². The molecule has 2 saturated heterocycles. The van der Waals surface area contributed by atoms with Gasteiger partial charge in [0.1, 0.15) is 0 Å². The van der Waals surface area contributed by atoms with Gasteiger partial charge in [0, 0.05) is 26.7 Å². The van der Waals surface area contributed by atoms with Gasteiger partial charge in [0.25, 0.3) is 0 Å². The van der Waals surface area contributed by atoms with Gasteiger partial charge in [-0.15, -0.1) is 0 Å². The fraction of sp³-hybridized carbons (Fsp3) is 0.846. The predicted octanol–water partition coefficient (Wildman–Crippen LogP) is -0.487. The molecule has 0 radical (unpaired) electrons. The van der Waals surface area contributed by atoms with Crippen molar-refractivity contribution < 1.29 is 19.4 Å². The van der Waals surface area contributed by atoms with Crippen LogP contribution in [0.15, 0.2) is 0 Å². The highest BCUT2D eigenvalue weighted by molar-refractivity contribution is 5.86. The Kier molecular flexibility index (Phi) is 4.42. The van der Waals surface area contributed by atoms with Crippen molar-refractivity contribution in [3.05, 3.63) is 0 Å². The van der Waals surface area contributed by atoms with Gasteiger partial charge in [-0.25, -0.2) is 0 Å². The Hall–Kier alpha value is -1.14. The zero-order valence-electron chi connectivity index (χ0n) is 11.4. The standard InChI is InChI=1S/C13H22N2O4/c1-19-8-4-11(17)15-7-3-10(16)13(9-15)5-2-6-14-12(13)18/h10,16H,2-9H2,1H3,(H,14,18)/t10-,13+/m0/s1. The van der Waals surface area contributed by atoms with Crippen LogP contribution < -0.4 is 5.32 Å². The molecule has 0 aromatic rings. The number of aliphatic hydroxyl groups excluding tert-OH is 1. The quantitative estimate of drug-likeness (QED) is 0.725. The van der Waals surface area contributed by atoms with Gasteiger partial charge in [-0.2, -0.15) is 0 Å². The van der Waals surface area contributed by atoms with Gasteiger partial charge >= 0.3 is 0 Å². The summed E-state index contributed by atoms with van der Waals surface area (Å²) >= 11 is 0. The summed E-state index contributed by atoms with van der Waals surface area (Å²) in [7, 11) is 1.56. The van der Waals surface area contributed by atoms with E-state index in [1.807, 2.05) is 0 Å². The molecule has 0 bridgehead atoms. The van der Waals surface area contributed by atoms with Crippen LogP contribution in [-0.2, 0) is 14.3 Å². The van der Waals surface area contributed by atoms with Crippen LogP contribution in [0.3, 0.4) is 0 Å². The molecular formula is C13H22N2O4. The SMILES string of the molecule is COCCC(=O)N1CC[C@H](O)[C@@]2(CCCNC2=O)C1. The molecule has 1 spiro atoms. The third kappa shape index (κ3) is 2.74. The van der Waals surface area contributed by atoms with E-state index < -0.39 is 11.5 Å². The average Bonchev–Trinajstić information content (AvgIpc) is 2.42. The van der Waals surface area contributed by atoms with Gasteiger partial charge in [-0.1, -0.05) is 0 Å². The van der Waals surface area contributed by atoms with E-state index in [9.17, 15) is 14.7 Å². The lowest BCUT2D eigenvalue weighted by Crippen LogP contribution is -2.62. The molecule has 6 heteroatoms. The number of piperidine rings is 2. The Labute approximate surface area is 113 Å². The number of hydrogen-bond donors (Lipinski definition) is 2. The highest BCUT2D eigenvalue weighted by Crippen LogP contribution is 2.37. The number of likely N-dealkylation sites (tertiary alicyclic amines) is 1. The Morgan fingerprint density at radius 2 is 2.42 bits per heavy atom. The zero-order chi connectivity index (χ0) is 13.9. The van der Waals surface area contributed by atoms with E-state index in [0.29, 0.717) is 45.5 Å². The summed E-state index contributed by atoms with van der Waals surface area (Å²) in [5.74, 6) is -0.123. The Morgan fingerprint density at radius 3 is 3.11 bits per heavy atom. The second-order valence-electron chi connectivity index (χ2n) is 5.38. The number of methoxy groups -OCH3 is 1. The van der Waals surface area contributed by atoms with E-state index in [2.05, 4.69) is 5.32 Å². The smallest absolute Gasteiger partial charge is 0.230 e. The van der Waals surface area contributed by atoms with Crippen LogP contribution in [0.5, 0.6) is 0 Å². The molecule has 2 heterocycles. The molecule has 19 heavy (non-hydrogen) atoms. The molecule has 2 N–H and O–H groups in total. The average molecular weight is 270 g/mol. The van der Waals surface area contributed by atoms with Crippen molar-refractivity contribution >= 4 is 11.8 Å². The molecular weight excluding hydrogens is 248 g/mol. The first-order valence-corrected chi connectivity index (χ1v) is 6.83. The van der Waals surface area contributed by atoms with Crippen molar-refractivity contribution in [2.24, 2.45) is 5.41 Å². The number of amides is 2. The van der Waals surface area contributed by atoms with Crippen LogP contribution in [0.2, 0.25) is 0 Å². The maximum Gasteiger partial charge on any atom is 0.230 e. The highest BCUT2D eigenvalue weighted by atomic mass is 16.5. The number of ether oxygens (including phenoxy) is 1. The molecule has 0 aliphatic carbocycles. The third-order valence-electron chi connectivity index (χ3n) is 4.19. The molecule has 2 atom stereocenters. The fourth-order valence-electron chi connectivity index (χ4n) is 3.00. The number of aliphatic hydroxyl groups is 1. The first kappa shape index (κ1) is 14.3. The summed E-state index contributed by atoms with van der Waals surface area (Å²) < 4.78 is 4.91. The molecule has 0 aromatic carbocycles. The predicted molar refractivity (Wildman–Crippen MR) is 68.4 cm³/mol. The number of rotatable bonds is 3. The van der Waals surface area contributed by atoms with Gasteiger partial charge in [0.2, 0.25) is 11.8 Å². The Morgan fingerprint density at radius 1 is 1.63 bits per heavy atom. The Bertz CT molecular complexity index is 361. The van der Waals surface area contributed by atoms with Gasteiger partial charge in [-0.05, 0) is 19.3 Å². The largest absolute Gasteiger partial charge is 0.392 e. The molecule has 2 rings (SSSR count). The topological polar surface area (TPSA) is 78.9 Å². The lowest BCUT2D eigenvalue weighted by Gasteiger charge is -2.46. The summed E-state index contributed by atoms with van der Waals surface area (Å²) in [5, 5.41) is 13.0. The van der Waals surface area contributed by atoms with E-state index >= 15 is 0 Å². The van der Waals surface area contributed by atoms with Gasteiger partial charge in [-0.3, -0.25) is 9.59 Å². The normalized spacial score (nSPS) is 31.4. The zero-order valence-corrected chi connectivity index (χ0v) is 11.4. The van der Waals surface area contributed by atoms with Crippen molar-refractivity contribution in [1.82, 2.24) is 10.2 Å². The number of nitrogens with one attached hydrogen (secondary N) is 1. The van der Waals surface area contributed by atoms with Crippen LogP contribution in [0.25, 0.3) is 0 Å². The summed E-state index contributed by atoms with van der Waals surface area (Å²) in [6.45, 7) is 1.88. The van der Waals surface area contributed by atoms with E-state index in [0.717, 1.165) is 6.42 Å². The van der Waals surface area contributed by atoms with Crippen LogP contribution in [-0.4, -0.2) is 61.3 Å². The van der Waals surface area contributed by atoms with E-state index in [4.69, 9.17) is 4.74 Å². The molecule has 0 unspecified atom stereocenters. The monoisotopic (exact) mass is 270 g/mol. The van der Waals surface area contributed by atoms with Crippen LogP contribution in [0, 0.1) is 5.41 Å². The van der Waals surface area contributed by atoms with Crippen molar-refractivity contribution in [3.8, 4) is 0 Å². The second kappa shape index (κ2) is 5.88. The highest BCUT2D eigenvalue weighted by Gasteiger charge is 2.50. The maximum absolute atomic E-state index is 12.1. The second-order valence-corrected chi connectivity index (χ2v) is 5.38. The third-order valence-corrected chi connectivity index (χ3v) is 4.19. The minimum absolute atomic E-state index is 0.00787. The van der Waals surface area contributed by atoms with Crippen molar-refractivity contribution in [2.45, 2.75) is 31.8 Å². The van der Waals surface area contributed by atoms with E-state index in [-0.39, 0.29) is 11.8 Å². The first-order chi connectivity index (χ1) is 9.10. The van der Waals surface area contributed by atoms with Gasteiger partial charge in [0.05, 0.1) is 24.5 Å². The molecule has 2 amide bonds. The van der Waals surface area contributed by atoms with E-state index in [1.165, 1.54) is 0 Å². The minimum Gasteiger partial charge on any atom is -0.392 e. The van der Waals surface area contributed by atoms with Crippen molar-refractivity contribution in [1.29, 1.82) is 0 Å². The van der Waals surface area contributed by atoms with Crippen molar-refractivity contribution in [3.63, 3.8) is 0 Å². The van der Waals surface area contributed by atoms with Gasteiger partial charge in [0.15, 0.2) is 0 Å². The molecule has 2 aliphatic heterocycles. The van der Waals surface area contributed by atoms with Crippen LogP contribution in [0.4, 0.5) is 0 Å². The van der Waals surface area contributed by atoms with E-state index in [1.54, 1.807) is 12.0 Å². The molecule has 6 nitrogen and oxygen atoms in total. The first-order valence-electron chi connectivity index (χ1n) is 6.83. The molecule has 0 saturated carbocycles. The van der Waals surface area contributed by atoms with Crippen molar-refractivity contribution in [2.75, 3.05) is 33.4 Å². The van der Waals surface area contributed by atoms with Gasteiger partial charge < -0.3 is 20.1 Å². The molecule has 108 valence electrons. The van der Waals surface area contributed by atoms with Crippen LogP contribution in [0.1, 0.15) is 25.7 Å². The number of nitrogens with zero attached hydrogens (tertiary/aromatic N) is 1. The maximum atomic E-state index is 12.1. The lowest BCUT2D eigenvalue weighted by molar-refractivity contribution is -0.155. The molecule has 2 fully saturated rings. The lowest BCUT2D eigenvalue weighted by atomic mass is 9.71. The summed E-state index contributed by atoms with van der Waals surface area (Å²) in [6, 6.07) is 0. The summed E-state index contributed by atoms with van der Waals surface area (Å²) in [5.41, 5.74) is -0.806. The number of carbonyl (C=O) groups is 2.